The van der Waals surface area contributed by atoms with Crippen molar-refractivity contribution < 1.29 is 14.6 Å². The monoisotopic (exact) mass is 293 g/mol. The zero-order valence-electron chi connectivity index (χ0n) is 13.3. The lowest BCUT2D eigenvalue weighted by atomic mass is 9.74. The van der Waals surface area contributed by atoms with Gasteiger partial charge in [-0.2, -0.15) is 0 Å². The van der Waals surface area contributed by atoms with Crippen molar-refractivity contribution in [3.05, 3.63) is 37.5 Å². The molecule has 0 aliphatic carbocycles. The molecule has 1 fully saturated rings. The molecule has 0 bridgehead atoms. The number of aliphatic hydroxyl groups is 1. The molecule has 0 spiro atoms. The molecule has 1 amide bonds. The number of hydrogen-bond donors (Lipinski definition) is 1. The highest BCUT2D eigenvalue weighted by atomic mass is 16.6. The minimum Gasteiger partial charge on any atom is -0.444 e. The van der Waals surface area contributed by atoms with Crippen LogP contribution in [-0.2, 0) is 4.74 Å². The summed E-state index contributed by atoms with van der Waals surface area (Å²) in [7, 11) is 0. The molecule has 1 atom stereocenters. The standard InChI is InChI=1S/C17H27NO3/c1-6-10-17(11-8-9-14(19)7-2)12-18(13-17)15(20)21-16(3,4)5/h6-9,14,19H,1-2,10-13H2,3-5H3. The van der Waals surface area contributed by atoms with Crippen LogP contribution in [0.15, 0.2) is 37.5 Å². The second-order valence-electron chi connectivity index (χ2n) is 6.69. The third kappa shape index (κ3) is 5.38. The van der Waals surface area contributed by atoms with E-state index in [9.17, 15) is 9.90 Å². The van der Waals surface area contributed by atoms with Crippen molar-refractivity contribution >= 4 is 6.09 Å². The van der Waals surface area contributed by atoms with Gasteiger partial charge in [-0.25, -0.2) is 4.79 Å². The Kier molecular flexibility index (Phi) is 5.78. The largest absolute Gasteiger partial charge is 0.444 e. The molecule has 0 aromatic rings. The number of amides is 1. The maximum Gasteiger partial charge on any atom is 0.410 e. The molecule has 4 nitrogen and oxygen atoms in total. The zero-order chi connectivity index (χ0) is 16.1. The van der Waals surface area contributed by atoms with Gasteiger partial charge in [0.1, 0.15) is 5.60 Å². The maximum absolute atomic E-state index is 12.0. The van der Waals surface area contributed by atoms with Crippen molar-refractivity contribution in [2.24, 2.45) is 5.41 Å². The van der Waals surface area contributed by atoms with Crippen LogP contribution in [0, 0.1) is 5.41 Å². The van der Waals surface area contributed by atoms with E-state index in [1.165, 1.54) is 6.08 Å². The van der Waals surface area contributed by atoms with E-state index in [0.717, 1.165) is 12.8 Å². The third-order valence-electron chi connectivity index (χ3n) is 3.41. The zero-order valence-corrected chi connectivity index (χ0v) is 13.3. The number of hydrogen-bond acceptors (Lipinski definition) is 3. The van der Waals surface area contributed by atoms with Crippen LogP contribution in [0.1, 0.15) is 33.6 Å². The van der Waals surface area contributed by atoms with Crippen LogP contribution in [0.2, 0.25) is 0 Å². The van der Waals surface area contributed by atoms with Gasteiger partial charge in [0, 0.05) is 18.5 Å². The number of aliphatic hydroxyl groups excluding tert-OH is 1. The van der Waals surface area contributed by atoms with Gasteiger partial charge >= 0.3 is 6.09 Å². The summed E-state index contributed by atoms with van der Waals surface area (Å²) in [6.07, 6.45) is 7.76. The van der Waals surface area contributed by atoms with Gasteiger partial charge in [0.15, 0.2) is 0 Å². The van der Waals surface area contributed by atoms with Gasteiger partial charge in [-0.05, 0) is 33.6 Å². The van der Waals surface area contributed by atoms with E-state index >= 15 is 0 Å². The number of allylic oxidation sites excluding steroid dienone is 2. The van der Waals surface area contributed by atoms with Crippen LogP contribution in [0.5, 0.6) is 0 Å². The van der Waals surface area contributed by atoms with E-state index in [4.69, 9.17) is 4.74 Å². The molecule has 1 rings (SSSR count). The van der Waals surface area contributed by atoms with E-state index < -0.39 is 11.7 Å². The minimum atomic E-state index is -0.618. The lowest BCUT2D eigenvalue weighted by Crippen LogP contribution is -2.58. The second kappa shape index (κ2) is 6.94. The Morgan fingerprint density at radius 2 is 2.00 bits per heavy atom. The van der Waals surface area contributed by atoms with Crippen molar-refractivity contribution in [2.75, 3.05) is 13.1 Å². The molecule has 1 saturated heterocycles. The average Bonchev–Trinajstić information content (AvgIpc) is 2.32. The van der Waals surface area contributed by atoms with Gasteiger partial charge in [0.25, 0.3) is 0 Å². The highest BCUT2D eigenvalue weighted by Gasteiger charge is 2.44. The predicted octanol–water partition coefficient (Wildman–Crippen LogP) is 3.29. The van der Waals surface area contributed by atoms with Gasteiger partial charge < -0.3 is 14.7 Å². The predicted molar refractivity (Wildman–Crippen MR) is 85.0 cm³/mol. The first-order valence-electron chi connectivity index (χ1n) is 7.27. The molecule has 21 heavy (non-hydrogen) atoms. The fourth-order valence-electron chi connectivity index (χ4n) is 2.40. The van der Waals surface area contributed by atoms with Gasteiger partial charge in [0.05, 0.1) is 6.10 Å². The number of carbonyl (C=O) groups excluding carboxylic acids is 1. The second-order valence-corrected chi connectivity index (χ2v) is 6.69. The minimum absolute atomic E-state index is 0.00996. The average molecular weight is 293 g/mol. The van der Waals surface area contributed by atoms with Crippen molar-refractivity contribution in [1.82, 2.24) is 4.90 Å². The number of likely N-dealkylation sites (tertiary alicyclic amines) is 1. The van der Waals surface area contributed by atoms with Gasteiger partial charge in [-0.15, -0.1) is 13.2 Å². The first-order valence-corrected chi connectivity index (χ1v) is 7.27. The van der Waals surface area contributed by atoms with Crippen molar-refractivity contribution in [3.63, 3.8) is 0 Å². The number of nitrogens with zero attached hydrogens (tertiary/aromatic N) is 1. The van der Waals surface area contributed by atoms with Crippen molar-refractivity contribution in [3.8, 4) is 0 Å². The van der Waals surface area contributed by atoms with Crippen LogP contribution in [0.25, 0.3) is 0 Å². The Morgan fingerprint density at radius 1 is 1.38 bits per heavy atom. The summed E-state index contributed by atoms with van der Waals surface area (Å²) in [6, 6.07) is 0. The van der Waals surface area contributed by atoms with Crippen LogP contribution in [0.3, 0.4) is 0 Å². The van der Waals surface area contributed by atoms with E-state index in [1.807, 2.05) is 32.9 Å². The van der Waals surface area contributed by atoms with Crippen LogP contribution in [0.4, 0.5) is 4.79 Å². The van der Waals surface area contributed by atoms with Crippen LogP contribution < -0.4 is 0 Å². The Balaban J connectivity index is 2.55. The Morgan fingerprint density at radius 3 is 2.48 bits per heavy atom. The summed E-state index contributed by atoms with van der Waals surface area (Å²) in [4.78, 5) is 13.7. The molecule has 4 heteroatoms. The number of rotatable bonds is 6. The van der Waals surface area contributed by atoms with E-state index in [1.54, 1.807) is 11.0 Å². The summed E-state index contributed by atoms with van der Waals surface area (Å²) in [5.41, 5.74) is -0.461. The van der Waals surface area contributed by atoms with E-state index in [-0.39, 0.29) is 11.5 Å². The molecule has 1 N–H and O–H groups in total. The fraction of sp³-hybridized carbons (Fsp3) is 0.588. The van der Waals surface area contributed by atoms with E-state index in [0.29, 0.717) is 13.1 Å². The van der Waals surface area contributed by atoms with Crippen LogP contribution in [-0.4, -0.2) is 40.9 Å². The highest BCUT2D eigenvalue weighted by Crippen LogP contribution is 2.39. The SMILES string of the molecule is C=CCC1(CC=CC(O)C=C)CN(C(=O)OC(C)(C)C)C1. The summed E-state index contributed by atoms with van der Waals surface area (Å²) in [5, 5.41) is 9.43. The maximum atomic E-state index is 12.0. The molecule has 118 valence electrons. The molecule has 1 aliphatic rings. The molecule has 0 aromatic heterocycles. The summed E-state index contributed by atoms with van der Waals surface area (Å²) in [6.45, 7) is 14.2. The Hall–Kier alpha value is -1.55. The van der Waals surface area contributed by atoms with Gasteiger partial charge in [-0.1, -0.05) is 24.3 Å². The summed E-state index contributed by atoms with van der Waals surface area (Å²) in [5.74, 6) is 0. The number of carbonyl (C=O) groups is 1. The molecule has 1 heterocycles. The normalized spacial score (nSPS) is 19.0. The smallest absolute Gasteiger partial charge is 0.410 e. The Bertz CT molecular complexity index is 414. The van der Waals surface area contributed by atoms with Crippen molar-refractivity contribution in [1.29, 1.82) is 0 Å². The molecule has 1 unspecified atom stereocenters. The quantitative estimate of drug-likeness (QED) is 0.764. The fourth-order valence-corrected chi connectivity index (χ4v) is 2.40. The summed E-state index contributed by atoms with van der Waals surface area (Å²) >= 11 is 0. The Labute approximate surface area is 127 Å². The van der Waals surface area contributed by atoms with Gasteiger partial charge in [-0.3, -0.25) is 0 Å². The topological polar surface area (TPSA) is 49.8 Å². The molecular weight excluding hydrogens is 266 g/mol. The first-order chi connectivity index (χ1) is 9.71. The van der Waals surface area contributed by atoms with Crippen LogP contribution >= 0.6 is 0 Å². The molecule has 0 aromatic carbocycles. The molecule has 0 radical (unpaired) electrons. The van der Waals surface area contributed by atoms with Crippen molar-refractivity contribution in [2.45, 2.75) is 45.3 Å². The highest BCUT2D eigenvalue weighted by molar-refractivity contribution is 5.69. The van der Waals surface area contributed by atoms with E-state index in [2.05, 4.69) is 13.2 Å². The summed E-state index contributed by atoms with van der Waals surface area (Å²) < 4.78 is 5.36. The molecule has 0 saturated carbocycles. The third-order valence-corrected chi connectivity index (χ3v) is 3.41. The lowest BCUT2D eigenvalue weighted by Gasteiger charge is -2.49. The first kappa shape index (κ1) is 17.5. The van der Waals surface area contributed by atoms with Gasteiger partial charge in [0.2, 0.25) is 0 Å². The molecular formula is C17H27NO3. The molecule has 1 aliphatic heterocycles. The lowest BCUT2D eigenvalue weighted by molar-refractivity contribution is -0.0324. The number of ether oxygens (including phenoxy) is 1.